The molecule has 0 saturated carbocycles. The molecule has 2 amide bonds. The Balaban J connectivity index is 1.63. The number of nitrogens with one attached hydrogen (secondary N) is 1. The fourth-order valence-corrected chi connectivity index (χ4v) is 5.07. The van der Waals surface area contributed by atoms with E-state index in [4.69, 9.17) is 9.72 Å². The first-order valence-electron chi connectivity index (χ1n) is 14.1. The fourth-order valence-electron chi connectivity index (χ4n) is 5.07. The number of urea groups is 1. The number of nitrogens with zero attached hydrogens (tertiary/aromatic N) is 3. The number of carbonyl (C=O) groups excluding carboxylic acids is 1. The average molecular weight is 565 g/mol. The van der Waals surface area contributed by atoms with Crippen LogP contribution in [0.2, 0.25) is 0 Å². The number of rotatable bonds is 10. The van der Waals surface area contributed by atoms with Crippen LogP contribution in [0.5, 0.6) is 5.75 Å². The SMILES string of the molecule is CCOc1ccc(-n2c(C(CC)N(CCc3ccccc3)C(=O)Nc3ccccc3F)nc3ccccc3c2=O)cc1. The van der Waals surface area contributed by atoms with E-state index in [1.54, 1.807) is 39.8 Å². The Morgan fingerprint density at radius 1 is 0.929 bits per heavy atom. The minimum atomic E-state index is -0.607. The highest BCUT2D eigenvalue weighted by Crippen LogP contribution is 2.28. The minimum Gasteiger partial charge on any atom is -0.494 e. The van der Waals surface area contributed by atoms with Crippen LogP contribution in [0, 0.1) is 5.82 Å². The number of benzene rings is 4. The Labute approximate surface area is 244 Å². The Hall–Kier alpha value is -4.98. The van der Waals surface area contributed by atoms with Crippen molar-refractivity contribution in [3.8, 4) is 11.4 Å². The first-order chi connectivity index (χ1) is 20.5. The Kier molecular flexibility index (Phi) is 8.92. The highest BCUT2D eigenvalue weighted by molar-refractivity contribution is 5.90. The molecule has 0 radical (unpaired) electrons. The molecule has 1 unspecified atom stereocenters. The summed E-state index contributed by atoms with van der Waals surface area (Å²) in [5.41, 5.74) is 2.03. The third-order valence-electron chi connectivity index (χ3n) is 7.13. The van der Waals surface area contributed by atoms with Crippen LogP contribution >= 0.6 is 0 Å². The van der Waals surface area contributed by atoms with Gasteiger partial charge in [-0.1, -0.05) is 61.5 Å². The Bertz CT molecular complexity index is 1720. The van der Waals surface area contributed by atoms with E-state index in [0.717, 1.165) is 5.56 Å². The molecule has 0 aliphatic heterocycles. The summed E-state index contributed by atoms with van der Waals surface area (Å²) in [5.74, 6) is 0.574. The van der Waals surface area contributed by atoms with Gasteiger partial charge >= 0.3 is 6.03 Å². The molecule has 0 saturated heterocycles. The Morgan fingerprint density at radius 3 is 2.33 bits per heavy atom. The van der Waals surface area contributed by atoms with Crippen LogP contribution in [0.1, 0.15) is 37.7 Å². The molecule has 0 aliphatic carbocycles. The number of aromatic nitrogens is 2. The van der Waals surface area contributed by atoms with Crippen LogP contribution in [0.15, 0.2) is 108 Å². The standard InChI is InChI=1S/C34H33FN4O3/c1-3-31(38(23-22-24-12-6-5-7-13-24)34(41)37-30-17-11-9-15-28(30)35)32-36-29-16-10-8-14-27(29)33(40)39(32)25-18-20-26(21-19-25)42-4-2/h5-21,31H,3-4,22-23H2,1-2H3,(H,37,41). The molecule has 4 aromatic carbocycles. The lowest BCUT2D eigenvalue weighted by Crippen LogP contribution is -2.42. The summed E-state index contributed by atoms with van der Waals surface area (Å²) in [5, 5.41) is 3.21. The van der Waals surface area contributed by atoms with E-state index in [9.17, 15) is 14.0 Å². The van der Waals surface area contributed by atoms with Gasteiger partial charge in [0.1, 0.15) is 17.4 Å². The second-order valence-corrected chi connectivity index (χ2v) is 9.82. The molecule has 8 heteroatoms. The molecule has 1 aromatic heterocycles. The van der Waals surface area contributed by atoms with Gasteiger partial charge in [0.15, 0.2) is 0 Å². The Morgan fingerprint density at radius 2 is 1.62 bits per heavy atom. The van der Waals surface area contributed by atoms with Crippen molar-refractivity contribution in [3.05, 3.63) is 131 Å². The van der Waals surface area contributed by atoms with Crippen molar-refractivity contribution < 1.29 is 13.9 Å². The van der Waals surface area contributed by atoms with E-state index in [1.165, 1.54) is 12.1 Å². The molecule has 7 nitrogen and oxygen atoms in total. The summed E-state index contributed by atoms with van der Waals surface area (Å²) in [6.07, 6.45) is 1.02. The number of hydrogen-bond donors (Lipinski definition) is 1. The number of fused-ring (bicyclic) bond motifs is 1. The maximum atomic E-state index is 14.6. The van der Waals surface area contributed by atoms with Crippen molar-refractivity contribution in [2.45, 2.75) is 32.7 Å². The molecule has 42 heavy (non-hydrogen) atoms. The average Bonchev–Trinajstić information content (AvgIpc) is 3.01. The molecule has 1 heterocycles. The summed E-state index contributed by atoms with van der Waals surface area (Å²) in [6, 6.07) is 29.2. The van der Waals surface area contributed by atoms with Gasteiger partial charge in [-0.25, -0.2) is 14.2 Å². The molecule has 0 aliphatic rings. The lowest BCUT2D eigenvalue weighted by atomic mass is 10.1. The van der Waals surface area contributed by atoms with Crippen molar-refractivity contribution in [3.63, 3.8) is 0 Å². The normalized spacial score (nSPS) is 11.7. The van der Waals surface area contributed by atoms with Gasteiger partial charge in [0.2, 0.25) is 0 Å². The van der Waals surface area contributed by atoms with Gasteiger partial charge in [-0.15, -0.1) is 0 Å². The van der Waals surface area contributed by atoms with Crippen molar-refractivity contribution in [2.24, 2.45) is 0 Å². The smallest absolute Gasteiger partial charge is 0.322 e. The largest absolute Gasteiger partial charge is 0.494 e. The third-order valence-corrected chi connectivity index (χ3v) is 7.13. The van der Waals surface area contributed by atoms with Crippen molar-refractivity contribution in [1.82, 2.24) is 14.5 Å². The second-order valence-electron chi connectivity index (χ2n) is 9.82. The highest BCUT2D eigenvalue weighted by Gasteiger charge is 2.29. The number of halogens is 1. The van der Waals surface area contributed by atoms with Crippen LogP contribution < -0.4 is 15.6 Å². The summed E-state index contributed by atoms with van der Waals surface area (Å²) in [7, 11) is 0. The van der Waals surface area contributed by atoms with Gasteiger partial charge in [-0.3, -0.25) is 9.36 Å². The number of amides is 2. The zero-order valence-electron chi connectivity index (χ0n) is 23.7. The van der Waals surface area contributed by atoms with E-state index in [1.807, 2.05) is 74.5 Å². The zero-order chi connectivity index (χ0) is 29.5. The van der Waals surface area contributed by atoms with Gasteiger partial charge in [0.05, 0.1) is 34.9 Å². The lowest BCUT2D eigenvalue weighted by molar-refractivity contribution is 0.182. The number of carbonyl (C=O) groups is 1. The van der Waals surface area contributed by atoms with Gasteiger partial charge in [0.25, 0.3) is 5.56 Å². The van der Waals surface area contributed by atoms with Crippen LogP contribution in [-0.2, 0) is 6.42 Å². The van der Waals surface area contributed by atoms with E-state index in [-0.39, 0.29) is 11.2 Å². The summed E-state index contributed by atoms with van der Waals surface area (Å²) in [6.45, 7) is 4.69. The monoisotopic (exact) mass is 564 g/mol. The predicted octanol–water partition coefficient (Wildman–Crippen LogP) is 7.15. The summed E-state index contributed by atoms with van der Waals surface area (Å²) >= 11 is 0. The molecule has 1 atom stereocenters. The first-order valence-corrected chi connectivity index (χ1v) is 14.1. The molecular formula is C34H33FN4O3. The number of ether oxygens (including phenoxy) is 1. The first kappa shape index (κ1) is 28.5. The van der Waals surface area contributed by atoms with Gasteiger partial charge in [0, 0.05) is 6.54 Å². The summed E-state index contributed by atoms with van der Waals surface area (Å²) < 4.78 is 21.7. The lowest BCUT2D eigenvalue weighted by Gasteiger charge is -2.32. The van der Waals surface area contributed by atoms with Gasteiger partial charge in [-0.05, 0) is 73.9 Å². The molecule has 0 spiro atoms. The quantitative estimate of drug-likeness (QED) is 0.195. The van der Waals surface area contributed by atoms with E-state index < -0.39 is 17.9 Å². The van der Waals surface area contributed by atoms with E-state index in [0.29, 0.717) is 54.2 Å². The zero-order valence-corrected chi connectivity index (χ0v) is 23.7. The van der Waals surface area contributed by atoms with Crippen molar-refractivity contribution >= 4 is 22.6 Å². The fraction of sp³-hybridized carbons (Fsp3) is 0.206. The topological polar surface area (TPSA) is 76.5 Å². The highest BCUT2D eigenvalue weighted by atomic mass is 19.1. The van der Waals surface area contributed by atoms with Gasteiger partial charge < -0.3 is 15.0 Å². The molecule has 0 bridgehead atoms. The second kappa shape index (κ2) is 13.1. The summed E-state index contributed by atoms with van der Waals surface area (Å²) in [4.78, 5) is 34.5. The molecule has 5 aromatic rings. The third kappa shape index (κ3) is 6.17. The predicted molar refractivity (Wildman–Crippen MR) is 164 cm³/mol. The minimum absolute atomic E-state index is 0.0810. The molecule has 214 valence electrons. The van der Waals surface area contributed by atoms with Crippen LogP contribution in [0.4, 0.5) is 14.9 Å². The van der Waals surface area contributed by atoms with E-state index in [2.05, 4.69) is 5.32 Å². The van der Waals surface area contributed by atoms with Crippen molar-refractivity contribution in [1.29, 1.82) is 0 Å². The maximum absolute atomic E-state index is 14.6. The van der Waals surface area contributed by atoms with Crippen LogP contribution in [0.3, 0.4) is 0 Å². The van der Waals surface area contributed by atoms with Crippen LogP contribution in [-0.4, -0.2) is 33.6 Å². The molecular weight excluding hydrogens is 531 g/mol. The van der Waals surface area contributed by atoms with Crippen LogP contribution in [0.25, 0.3) is 16.6 Å². The molecule has 0 fully saturated rings. The number of hydrogen-bond acceptors (Lipinski definition) is 4. The molecule has 1 N–H and O–H groups in total. The molecule has 5 rings (SSSR count). The number of anilines is 1. The number of para-hydroxylation sites is 2. The maximum Gasteiger partial charge on any atom is 0.322 e. The van der Waals surface area contributed by atoms with Gasteiger partial charge in [-0.2, -0.15) is 0 Å². The van der Waals surface area contributed by atoms with E-state index >= 15 is 0 Å². The van der Waals surface area contributed by atoms with Crippen molar-refractivity contribution in [2.75, 3.05) is 18.5 Å².